The molecule has 0 bridgehead atoms. The third-order valence-corrected chi connectivity index (χ3v) is 5.39. The smallest absolute Gasteiger partial charge is 0.101 e. The van der Waals surface area contributed by atoms with Gasteiger partial charge in [-0.05, 0) is 43.9 Å². The fourth-order valence-electron chi connectivity index (χ4n) is 3.85. The molecular formula is C18H24ClN3O. The van der Waals surface area contributed by atoms with Crippen molar-refractivity contribution in [1.29, 1.82) is 5.26 Å². The van der Waals surface area contributed by atoms with Crippen LogP contribution in [0.3, 0.4) is 0 Å². The standard InChI is InChI=1S/C18H24ClN3O/c19-14-6-5-13(12-20)16(11-14)21-15-7-9-22(10-8-15)17-3-1-2-4-18(17)23/h5-6,11,15,17-18,21,23H,1-4,7-10H2. The Labute approximate surface area is 143 Å². The van der Waals surface area contributed by atoms with Crippen molar-refractivity contribution in [2.24, 2.45) is 0 Å². The summed E-state index contributed by atoms with van der Waals surface area (Å²) in [6.45, 7) is 2.00. The lowest BCUT2D eigenvalue weighted by Gasteiger charge is -2.41. The lowest BCUT2D eigenvalue weighted by molar-refractivity contribution is 0.00994. The van der Waals surface area contributed by atoms with E-state index in [0.29, 0.717) is 22.7 Å². The third kappa shape index (κ3) is 3.98. The van der Waals surface area contributed by atoms with Gasteiger partial charge in [0.15, 0.2) is 0 Å². The molecular weight excluding hydrogens is 310 g/mol. The first-order valence-electron chi connectivity index (χ1n) is 8.55. The van der Waals surface area contributed by atoms with Crippen LogP contribution in [0.4, 0.5) is 5.69 Å². The van der Waals surface area contributed by atoms with Crippen LogP contribution in [0.2, 0.25) is 5.02 Å². The summed E-state index contributed by atoms with van der Waals surface area (Å²) in [7, 11) is 0. The number of hydrogen-bond acceptors (Lipinski definition) is 4. The molecule has 124 valence electrons. The molecule has 2 unspecified atom stereocenters. The fourth-order valence-corrected chi connectivity index (χ4v) is 4.02. The number of halogens is 1. The second kappa shape index (κ2) is 7.53. The minimum Gasteiger partial charge on any atom is -0.391 e. The largest absolute Gasteiger partial charge is 0.391 e. The molecule has 1 aliphatic heterocycles. The Kier molecular flexibility index (Phi) is 5.42. The molecule has 0 spiro atoms. The molecule has 0 aromatic heterocycles. The Bertz CT molecular complexity index is 578. The molecule has 2 aliphatic rings. The van der Waals surface area contributed by atoms with Crippen LogP contribution >= 0.6 is 11.6 Å². The van der Waals surface area contributed by atoms with E-state index >= 15 is 0 Å². The highest BCUT2D eigenvalue weighted by molar-refractivity contribution is 6.30. The minimum atomic E-state index is -0.161. The van der Waals surface area contributed by atoms with Crippen LogP contribution < -0.4 is 5.32 Å². The van der Waals surface area contributed by atoms with Gasteiger partial charge in [0.25, 0.3) is 0 Å². The Morgan fingerprint density at radius 3 is 2.61 bits per heavy atom. The van der Waals surface area contributed by atoms with Gasteiger partial charge in [0.1, 0.15) is 6.07 Å². The van der Waals surface area contributed by atoms with Crippen molar-refractivity contribution >= 4 is 17.3 Å². The van der Waals surface area contributed by atoms with Crippen molar-refractivity contribution in [3.8, 4) is 6.07 Å². The number of hydrogen-bond donors (Lipinski definition) is 2. The van der Waals surface area contributed by atoms with E-state index in [0.717, 1.165) is 50.9 Å². The number of anilines is 1. The maximum absolute atomic E-state index is 10.2. The van der Waals surface area contributed by atoms with Crippen LogP contribution in [-0.2, 0) is 0 Å². The van der Waals surface area contributed by atoms with E-state index in [1.165, 1.54) is 6.42 Å². The Morgan fingerprint density at radius 2 is 1.91 bits per heavy atom. The van der Waals surface area contributed by atoms with Gasteiger partial charge >= 0.3 is 0 Å². The molecule has 5 heteroatoms. The topological polar surface area (TPSA) is 59.3 Å². The Morgan fingerprint density at radius 1 is 1.17 bits per heavy atom. The first-order valence-corrected chi connectivity index (χ1v) is 8.93. The monoisotopic (exact) mass is 333 g/mol. The van der Waals surface area contributed by atoms with Crippen LogP contribution in [0.1, 0.15) is 44.1 Å². The van der Waals surface area contributed by atoms with Gasteiger partial charge in [-0.25, -0.2) is 0 Å². The Hall–Kier alpha value is -1.28. The molecule has 0 amide bonds. The van der Waals surface area contributed by atoms with Crippen LogP contribution in [-0.4, -0.2) is 41.3 Å². The number of nitrogens with one attached hydrogen (secondary N) is 1. The summed E-state index contributed by atoms with van der Waals surface area (Å²) in [6, 6.07) is 8.25. The molecule has 2 N–H and O–H groups in total. The zero-order chi connectivity index (χ0) is 16.2. The molecule has 2 fully saturated rings. The first kappa shape index (κ1) is 16.6. The fraction of sp³-hybridized carbons (Fsp3) is 0.611. The highest BCUT2D eigenvalue weighted by atomic mass is 35.5. The van der Waals surface area contributed by atoms with E-state index in [2.05, 4.69) is 16.3 Å². The molecule has 1 saturated carbocycles. The average Bonchev–Trinajstić information content (AvgIpc) is 2.56. The number of nitrogens with zero attached hydrogens (tertiary/aromatic N) is 2. The van der Waals surface area contributed by atoms with E-state index in [1.54, 1.807) is 12.1 Å². The van der Waals surface area contributed by atoms with Crippen molar-refractivity contribution in [1.82, 2.24) is 4.90 Å². The number of nitriles is 1. The van der Waals surface area contributed by atoms with Crippen LogP contribution in [0, 0.1) is 11.3 Å². The predicted octanol–water partition coefficient (Wildman–Crippen LogP) is 3.39. The van der Waals surface area contributed by atoms with Gasteiger partial charge in [0.2, 0.25) is 0 Å². The molecule has 0 radical (unpaired) electrons. The second-order valence-electron chi connectivity index (χ2n) is 6.68. The van der Waals surface area contributed by atoms with Gasteiger partial charge in [0.05, 0.1) is 17.4 Å². The normalized spacial score (nSPS) is 26.7. The van der Waals surface area contributed by atoms with Crippen molar-refractivity contribution < 1.29 is 5.11 Å². The molecule has 1 aromatic carbocycles. The third-order valence-electron chi connectivity index (χ3n) is 5.15. The molecule has 1 aliphatic carbocycles. The van der Waals surface area contributed by atoms with Crippen molar-refractivity contribution in [3.63, 3.8) is 0 Å². The molecule has 4 nitrogen and oxygen atoms in total. The van der Waals surface area contributed by atoms with E-state index in [4.69, 9.17) is 11.6 Å². The number of benzene rings is 1. The lowest BCUT2D eigenvalue weighted by atomic mass is 9.89. The number of aliphatic hydroxyl groups excluding tert-OH is 1. The number of piperidine rings is 1. The van der Waals surface area contributed by atoms with Gasteiger partial charge in [0, 0.05) is 30.2 Å². The molecule has 1 heterocycles. The van der Waals surface area contributed by atoms with Gasteiger partial charge in [-0.15, -0.1) is 0 Å². The van der Waals surface area contributed by atoms with Gasteiger partial charge in [-0.2, -0.15) is 5.26 Å². The zero-order valence-corrected chi connectivity index (χ0v) is 14.1. The summed E-state index contributed by atoms with van der Waals surface area (Å²) in [5.74, 6) is 0. The maximum atomic E-state index is 10.2. The summed E-state index contributed by atoms with van der Waals surface area (Å²) in [5, 5.41) is 23.6. The highest BCUT2D eigenvalue weighted by Crippen LogP contribution is 2.28. The average molecular weight is 334 g/mol. The van der Waals surface area contributed by atoms with Gasteiger partial charge < -0.3 is 10.4 Å². The van der Waals surface area contributed by atoms with E-state index in [1.807, 2.05) is 6.07 Å². The number of rotatable bonds is 3. The van der Waals surface area contributed by atoms with Gasteiger partial charge in [-0.1, -0.05) is 24.4 Å². The maximum Gasteiger partial charge on any atom is 0.101 e. The molecule has 23 heavy (non-hydrogen) atoms. The molecule has 3 rings (SSSR count). The van der Waals surface area contributed by atoms with Crippen molar-refractivity contribution in [2.45, 2.75) is 56.7 Å². The van der Waals surface area contributed by atoms with E-state index < -0.39 is 0 Å². The SMILES string of the molecule is N#Cc1ccc(Cl)cc1NC1CCN(C2CCCCC2O)CC1. The molecule has 2 atom stereocenters. The summed E-state index contributed by atoms with van der Waals surface area (Å²) in [4.78, 5) is 2.45. The first-order chi connectivity index (χ1) is 11.2. The summed E-state index contributed by atoms with van der Waals surface area (Å²) < 4.78 is 0. The van der Waals surface area contributed by atoms with Crippen molar-refractivity contribution in [2.75, 3.05) is 18.4 Å². The molecule has 1 aromatic rings. The van der Waals surface area contributed by atoms with Crippen LogP contribution in [0.25, 0.3) is 0 Å². The lowest BCUT2D eigenvalue weighted by Crippen LogP contribution is -2.50. The number of likely N-dealkylation sites (tertiary alicyclic amines) is 1. The second-order valence-corrected chi connectivity index (χ2v) is 7.11. The quantitative estimate of drug-likeness (QED) is 0.890. The van der Waals surface area contributed by atoms with Gasteiger partial charge in [-0.3, -0.25) is 4.90 Å². The van der Waals surface area contributed by atoms with Crippen molar-refractivity contribution in [3.05, 3.63) is 28.8 Å². The zero-order valence-electron chi connectivity index (χ0n) is 13.3. The van der Waals surface area contributed by atoms with Crippen LogP contribution in [0.15, 0.2) is 18.2 Å². The number of aliphatic hydroxyl groups is 1. The summed E-state index contributed by atoms with van der Waals surface area (Å²) in [5.41, 5.74) is 1.47. The Balaban J connectivity index is 1.57. The summed E-state index contributed by atoms with van der Waals surface area (Å²) in [6.07, 6.45) is 6.34. The predicted molar refractivity (Wildman–Crippen MR) is 92.6 cm³/mol. The van der Waals surface area contributed by atoms with E-state index in [9.17, 15) is 10.4 Å². The summed E-state index contributed by atoms with van der Waals surface area (Å²) >= 11 is 6.05. The van der Waals surface area contributed by atoms with Crippen LogP contribution in [0.5, 0.6) is 0 Å². The van der Waals surface area contributed by atoms with E-state index in [-0.39, 0.29) is 6.10 Å². The highest BCUT2D eigenvalue weighted by Gasteiger charge is 2.31. The minimum absolute atomic E-state index is 0.161. The molecule has 1 saturated heterocycles.